The maximum atomic E-state index is 12.1. The predicted molar refractivity (Wildman–Crippen MR) is 100 cm³/mol. The van der Waals surface area contributed by atoms with Crippen LogP contribution in [0.5, 0.6) is 11.5 Å². The van der Waals surface area contributed by atoms with Crippen molar-refractivity contribution in [2.75, 3.05) is 13.7 Å². The van der Waals surface area contributed by atoms with Crippen molar-refractivity contribution in [2.45, 2.75) is 38.6 Å². The molecule has 1 saturated carbocycles. The van der Waals surface area contributed by atoms with E-state index in [1.165, 1.54) is 13.2 Å². The number of hydrogen-bond acceptors (Lipinski definition) is 4. The number of ether oxygens (including phenoxy) is 2. The van der Waals surface area contributed by atoms with E-state index in [1.807, 2.05) is 0 Å². The molecule has 6 nitrogen and oxygen atoms in total. The molecule has 1 radical (unpaired) electrons. The Morgan fingerprint density at radius 2 is 1.92 bits per heavy atom. The molecule has 0 saturated heterocycles. The number of carboxylic acids is 1. The van der Waals surface area contributed by atoms with Crippen LogP contribution in [0.25, 0.3) is 6.08 Å². The number of nitrogens with one attached hydrogen (secondary N) is 1. The summed E-state index contributed by atoms with van der Waals surface area (Å²) in [5, 5.41) is 11.8. The number of carbonyl (C=O) groups excluding carboxylic acids is 1. The van der Waals surface area contributed by atoms with Gasteiger partial charge in [-0.2, -0.15) is 0 Å². The SMILES string of the molecule is COc1ccc(C=CC(=O)N[C@H]2CC[C@H](C)CC2)cc1OCC(=O)O.[Na]. The van der Waals surface area contributed by atoms with Crippen molar-refractivity contribution in [3.05, 3.63) is 29.8 Å². The second-order valence-electron chi connectivity index (χ2n) is 6.39. The first kappa shape index (κ1) is 22.5. The zero-order valence-electron chi connectivity index (χ0n) is 15.7. The number of carboxylic acid groups (broad SMARTS) is 1. The normalized spacial score (nSPS) is 19.5. The monoisotopic (exact) mass is 370 g/mol. The maximum absolute atomic E-state index is 12.1. The van der Waals surface area contributed by atoms with Gasteiger partial charge in [0, 0.05) is 41.7 Å². The Hall–Kier alpha value is -1.50. The van der Waals surface area contributed by atoms with Gasteiger partial charge in [0.1, 0.15) is 0 Å². The van der Waals surface area contributed by atoms with Crippen molar-refractivity contribution >= 4 is 47.5 Å². The van der Waals surface area contributed by atoms with Gasteiger partial charge in [0.25, 0.3) is 0 Å². The number of rotatable bonds is 7. The fourth-order valence-electron chi connectivity index (χ4n) is 2.87. The van der Waals surface area contributed by atoms with E-state index < -0.39 is 12.6 Å². The van der Waals surface area contributed by atoms with Crippen molar-refractivity contribution in [1.82, 2.24) is 5.32 Å². The summed E-state index contributed by atoms with van der Waals surface area (Å²) in [5.41, 5.74) is 0.730. The summed E-state index contributed by atoms with van der Waals surface area (Å²) in [4.78, 5) is 22.7. The molecule has 26 heavy (non-hydrogen) atoms. The van der Waals surface area contributed by atoms with Crippen molar-refractivity contribution in [3.8, 4) is 11.5 Å². The van der Waals surface area contributed by atoms with Crippen LogP contribution in [-0.2, 0) is 9.59 Å². The second-order valence-corrected chi connectivity index (χ2v) is 6.39. The molecule has 0 aliphatic heterocycles. The van der Waals surface area contributed by atoms with Crippen LogP contribution in [0.2, 0.25) is 0 Å². The molecule has 1 aromatic carbocycles. The van der Waals surface area contributed by atoms with Gasteiger partial charge < -0.3 is 19.9 Å². The Bertz CT molecular complexity index is 639. The summed E-state index contributed by atoms with van der Waals surface area (Å²) in [7, 11) is 1.48. The van der Waals surface area contributed by atoms with Gasteiger partial charge in [-0.15, -0.1) is 0 Å². The van der Waals surface area contributed by atoms with E-state index in [0.29, 0.717) is 11.5 Å². The van der Waals surface area contributed by atoms with E-state index in [4.69, 9.17) is 14.6 Å². The fourth-order valence-corrected chi connectivity index (χ4v) is 2.87. The standard InChI is InChI=1S/C19H25NO5.Na/c1-13-3-7-15(8-4-13)20-18(21)10-6-14-5-9-16(24-2)17(11-14)25-12-19(22)23;/h5-6,9-11,13,15H,3-4,7-8,12H2,1-2H3,(H,20,21)(H,22,23);/t13-,15-;. The molecular weight excluding hydrogens is 345 g/mol. The number of amides is 1. The van der Waals surface area contributed by atoms with Gasteiger partial charge in [-0.05, 0) is 55.4 Å². The number of hydrogen-bond donors (Lipinski definition) is 2. The van der Waals surface area contributed by atoms with Crippen LogP contribution >= 0.6 is 0 Å². The van der Waals surface area contributed by atoms with Gasteiger partial charge in [-0.1, -0.05) is 13.0 Å². The van der Waals surface area contributed by atoms with E-state index in [0.717, 1.165) is 37.2 Å². The van der Waals surface area contributed by atoms with E-state index in [2.05, 4.69) is 12.2 Å². The van der Waals surface area contributed by atoms with Gasteiger partial charge >= 0.3 is 5.97 Å². The molecule has 0 unspecified atom stereocenters. The summed E-state index contributed by atoms with van der Waals surface area (Å²) in [5.74, 6) is 0.327. The van der Waals surface area contributed by atoms with E-state index in [-0.39, 0.29) is 41.5 Å². The van der Waals surface area contributed by atoms with Crippen molar-refractivity contribution in [3.63, 3.8) is 0 Å². The van der Waals surface area contributed by atoms with Crippen LogP contribution in [0.4, 0.5) is 0 Å². The van der Waals surface area contributed by atoms with E-state index in [9.17, 15) is 9.59 Å². The first-order valence-electron chi connectivity index (χ1n) is 8.49. The van der Waals surface area contributed by atoms with E-state index in [1.54, 1.807) is 24.3 Å². The van der Waals surface area contributed by atoms with Crippen molar-refractivity contribution in [2.24, 2.45) is 5.92 Å². The maximum Gasteiger partial charge on any atom is 0.341 e. The van der Waals surface area contributed by atoms with Crippen molar-refractivity contribution in [1.29, 1.82) is 0 Å². The molecule has 1 aromatic rings. The molecule has 137 valence electrons. The molecule has 7 heteroatoms. The molecular formula is C19H25NNaO5. The zero-order valence-corrected chi connectivity index (χ0v) is 17.7. The van der Waals surface area contributed by atoms with Gasteiger partial charge in [0.05, 0.1) is 7.11 Å². The summed E-state index contributed by atoms with van der Waals surface area (Å²) in [6.07, 6.45) is 7.51. The number of methoxy groups -OCH3 is 1. The van der Waals surface area contributed by atoms with Crippen LogP contribution < -0.4 is 14.8 Å². The quantitative estimate of drug-likeness (QED) is 0.569. The molecule has 0 atom stereocenters. The third-order valence-corrected chi connectivity index (χ3v) is 4.33. The first-order chi connectivity index (χ1) is 12.0. The third-order valence-electron chi connectivity index (χ3n) is 4.33. The second kappa shape index (κ2) is 11.3. The van der Waals surface area contributed by atoms with Crippen LogP contribution in [0.15, 0.2) is 24.3 Å². The minimum absolute atomic E-state index is 0. The topological polar surface area (TPSA) is 84.9 Å². The predicted octanol–water partition coefficient (Wildman–Crippen LogP) is 2.49. The van der Waals surface area contributed by atoms with Gasteiger partial charge in [-0.3, -0.25) is 4.79 Å². The molecule has 0 heterocycles. The third kappa shape index (κ3) is 7.40. The number of aliphatic carboxylic acids is 1. The molecule has 2 N–H and O–H groups in total. The average Bonchev–Trinajstić information content (AvgIpc) is 2.60. The summed E-state index contributed by atoms with van der Waals surface area (Å²) < 4.78 is 10.4. The van der Waals surface area contributed by atoms with Gasteiger partial charge in [0.2, 0.25) is 5.91 Å². The largest absolute Gasteiger partial charge is 0.493 e. The van der Waals surface area contributed by atoms with Crippen LogP contribution in [0, 0.1) is 5.92 Å². The molecule has 1 aliphatic rings. The van der Waals surface area contributed by atoms with Crippen LogP contribution in [0.3, 0.4) is 0 Å². The molecule has 1 amide bonds. The zero-order chi connectivity index (χ0) is 18.2. The van der Waals surface area contributed by atoms with Crippen LogP contribution in [0.1, 0.15) is 38.2 Å². The molecule has 0 aromatic heterocycles. The fraction of sp³-hybridized carbons (Fsp3) is 0.474. The van der Waals surface area contributed by atoms with Crippen molar-refractivity contribution < 1.29 is 24.2 Å². The number of benzene rings is 1. The summed E-state index contributed by atoms with van der Waals surface area (Å²) >= 11 is 0. The molecule has 1 aliphatic carbocycles. The Labute approximate surface area is 176 Å². The Balaban J connectivity index is 0.00000338. The molecule has 2 rings (SSSR count). The molecule has 0 bridgehead atoms. The van der Waals surface area contributed by atoms with Gasteiger partial charge in [-0.25, -0.2) is 4.79 Å². The summed E-state index contributed by atoms with van der Waals surface area (Å²) in [6.45, 7) is 1.79. The summed E-state index contributed by atoms with van der Waals surface area (Å²) in [6, 6.07) is 5.35. The average molecular weight is 370 g/mol. The Kier molecular flexibility index (Phi) is 9.76. The molecule has 0 spiro atoms. The first-order valence-corrected chi connectivity index (χ1v) is 8.49. The molecule has 1 fully saturated rings. The smallest absolute Gasteiger partial charge is 0.341 e. The Morgan fingerprint density at radius 1 is 1.23 bits per heavy atom. The minimum Gasteiger partial charge on any atom is -0.493 e. The minimum atomic E-state index is -1.07. The van der Waals surface area contributed by atoms with Gasteiger partial charge in [0.15, 0.2) is 18.1 Å². The van der Waals surface area contributed by atoms with E-state index >= 15 is 0 Å². The number of carbonyl (C=O) groups is 2. The van der Waals surface area contributed by atoms with Crippen LogP contribution in [-0.4, -0.2) is 66.3 Å². The Morgan fingerprint density at radius 3 is 2.54 bits per heavy atom.